The van der Waals surface area contributed by atoms with Crippen molar-refractivity contribution < 1.29 is 4.79 Å². The molecule has 1 amide bonds. The van der Waals surface area contributed by atoms with E-state index in [1.165, 1.54) is 6.92 Å². The summed E-state index contributed by atoms with van der Waals surface area (Å²) in [7, 11) is 0. The third-order valence-electron chi connectivity index (χ3n) is 2.34. The molecule has 0 spiro atoms. The summed E-state index contributed by atoms with van der Waals surface area (Å²) in [4.78, 5) is 18.4. The molecule has 8 nitrogen and oxygen atoms in total. The van der Waals surface area contributed by atoms with Crippen LogP contribution in [0.4, 0.5) is 28.8 Å². The third kappa shape index (κ3) is 3.86. The van der Waals surface area contributed by atoms with E-state index in [1.54, 1.807) is 24.3 Å². The lowest BCUT2D eigenvalue weighted by atomic mass is 10.3. The van der Waals surface area contributed by atoms with Crippen molar-refractivity contribution in [3.8, 4) is 0 Å². The lowest BCUT2D eigenvalue weighted by Gasteiger charge is -2.02. The summed E-state index contributed by atoms with van der Waals surface area (Å²) >= 11 is 5.87. The second-order valence-corrected chi connectivity index (χ2v) is 4.39. The lowest BCUT2D eigenvalue weighted by Crippen LogP contribution is -2.04. The number of nitrogens with one attached hydrogen (secondary N) is 1. The van der Waals surface area contributed by atoms with Gasteiger partial charge in [0.2, 0.25) is 11.9 Å². The molecule has 108 valence electrons. The maximum Gasteiger partial charge on any atom is 0.223 e. The number of nitrogens with zero attached hydrogens (tertiary/aromatic N) is 4. The number of aromatic nitrogens is 2. The summed E-state index contributed by atoms with van der Waals surface area (Å²) in [5.41, 5.74) is 12.4. The number of benzene rings is 1. The van der Waals surface area contributed by atoms with E-state index in [0.29, 0.717) is 11.4 Å². The number of carbonyl (C=O) groups excluding carboxylic acids is 1. The summed E-state index contributed by atoms with van der Waals surface area (Å²) in [5.74, 6) is -0.134. The number of amides is 1. The molecule has 9 heteroatoms. The number of rotatable bonds is 3. The number of hydrogen-bond donors (Lipinski definition) is 3. The topological polar surface area (TPSA) is 132 Å². The molecule has 21 heavy (non-hydrogen) atoms. The van der Waals surface area contributed by atoms with Crippen LogP contribution >= 0.6 is 11.6 Å². The molecule has 1 aromatic carbocycles. The van der Waals surface area contributed by atoms with Crippen molar-refractivity contribution in [2.45, 2.75) is 6.92 Å². The van der Waals surface area contributed by atoms with Gasteiger partial charge in [0.05, 0.1) is 5.69 Å². The number of hydrogen-bond acceptors (Lipinski definition) is 7. The second kappa shape index (κ2) is 6.14. The van der Waals surface area contributed by atoms with Crippen molar-refractivity contribution in [2.75, 3.05) is 16.8 Å². The smallest absolute Gasteiger partial charge is 0.223 e. The van der Waals surface area contributed by atoms with Gasteiger partial charge < -0.3 is 16.8 Å². The van der Waals surface area contributed by atoms with Crippen LogP contribution in [0.3, 0.4) is 0 Å². The van der Waals surface area contributed by atoms with Gasteiger partial charge in [-0.2, -0.15) is 15.1 Å². The van der Waals surface area contributed by atoms with E-state index in [1.807, 2.05) is 0 Å². The van der Waals surface area contributed by atoms with Crippen molar-refractivity contribution in [3.05, 3.63) is 29.4 Å². The molecule has 2 rings (SSSR count). The van der Waals surface area contributed by atoms with Crippen LogP contribution in [-0.4, -0.2) is 15.9 Å². The van der Waals surface area contributed by atoms with Gasteiger partial charge in [-0.1, -0.05) is 11.6 Å². The Labute approximate surface area is 125 Å². The Bertz CT molecular complexity index is 676. The second-order valence-electron chi connectivity index (χ2n) is 4.03. The standard InChI is InChI=1S/C12H12ClN7O/c1-6(21)16-7-2-4-8(5-3-7)19-20-9-10(13)17-12(15)18-11(9)14/h2-5H,1H3,(H,16,21)(H4,14,15,17,18). The Morgan fingerprint density at radius 3 is 2.43 bits per heavy atom. The van der Waals surface area contributed by atoms with Gasteiger partial charge >= 0.3 is 0 Å². The van der Waals surface area contributed by atoms with E-state index >= 15 is 0 Å². The minimum absolute atomic E-state index is 0.0265. The zero-order valence-corrected chi connectivity index (χ0v) is 11.8. The summed E-state index contributed by atoms with van der Waals surface area (Å²) < 4.78 is 0. The maximum atomic E-state index is 10.9. The van der Waals surface area contributed by atoms with Gasteiger partial charge in [-0.05, 0) is 24.3 Å². The average molecular weight is 306 g/mol. The fourth-order valence-electron chi connectivity index (χ4n) is 1.48. The third-order valence-corrected chi connectivity index (χ3v) is 2.60. The van der Waals surface area contributed by atoms with E-state index in [-0.39, 0.29) is 28.5 Å². The molecule has 0 aliphatic rings. The van der Waals surface area contributed by atoms with Crippen molar-refractivity contribution >= 4 is 46.3 Å². The number of carbonyl (C=O) groups is 1. The number of nitrogens with two attached hydrogens (primary N) is 2. The van der Waals surface area contributed by atoms with Gasteiger partial charge in [0.25, 0.3) is 0 Å². The SMILES string of the molecule is CC(=O)Nc1ccc(N=Nc2c(N)nc(N)nc2Cl)cc1. The van der Waals surface area contributed by atoms with Gasteiger partial charge in [0.15, 0.2) is 16.7 Å². The van der Waals surface area contributed by atoms with Crippen LogP contribution in [0.1, 0.15) is 6.92 Å². The van der Waals surface area contributed by atoms with Crippen molar-refractivity contribution in [2.24, 2.45) is 10.2 Å². The van der Waals surface area contributed by atoms with Crippen molar-refractivity contribution in [1.82, 2.24) is 9.97 Å². The Morgan fingerprint density at radius 1 is 1.19 bits per heavy atom. The highest BCUT2D eigenvalue weighted by Crippen LogP contribution is 2.30. The predicted molar refractivity (Wildman–Crippen MR) is 80.8 cm³/mol. The summed E-state index contributed by atoms with van der Waals surface area (Å²) in [6.45, 7) is 1.43. The first-order valence-electron chi connectivity index (χ1n) is 5.83. The highest BCUT2D eigenvalue weighted by Gasteiger charge is 2.08. The highest BCUT2D eigenvalue weighted by molar-refractivity contribution is 6.32. The van der Waals surface area contributed by atoms with Crippen molar-refractivity contribution in [1.29, 1.82) is 0 Å². The van der Waals surface area contributed by atoms with Crippen LogP contribution in [-0.2, 0) is 4.79 Å². The number of anilines is 3. The molecule has 1 aromatic heterocycles. The normalized spacial score (nSPS) is 10.8. The van der Waals surface area contributed by atoms with Crippen LogP contribution in [0.2, 0.25) is 5.15 Å². The first kappa shape index (κ1) is 14.7. The molecule has 0 atom stereocenters. The highest BCUT2D eigenvalue weighted by atomic mass is 35.5. The maximum absolute atomic E-state index is 10.9. The van der Waals surface area contributed by atoms with Crippen molar-refractivity contribution in [3.63, 3.8) is 0 Å². The summed E-state index contributed by atoms with van der Waals surface area (Å²) in [6.07, 6.45) is 0. The molecule has 0 fully saturated rings. The first-order valence-corrected chi connectivity index (χ1v) is 6.21. The van der Waals surface area contributed by atoms with Crippen LogP contribution < -0.4 is 16.8 Å². The zero-order valence-electron chi connectivity index (χ0n) is 11.0. The van der Waals surface area contributed by atoms with E-state index in [0.717, 1.165) is 0 Å². The Hall–Kier alpha value is -2.74. The first-order chi connectivity index (χ1) is 9.95. The van der Waals surface area contributed by atoms with Gasteiger partial charge in [-0.15, -0.1) is 5.11 Å². The van der Waals surface area contributed by atoms with Gasteiger partial charge in [-0.3, -0.25) is 4.79 Å². The minimum atomic E-state index is -0.150. The number of azo groups is 1. The van der Waals surface area contributed by atoms with Crippen LogP contribution in [0, 0.1) is 0 Å². The Balaban J connectivity index is 2.20. The molecule has 5 N–H and O–H groups in total. The van der Waals surface area contributed by atoms with Gasteiger partial charge in [0, 0.05) is 12.6 Å². The Kier molecular flexibility index (Phi) is 4.29. The van der Waals surface area contributed by atoms with E-state index in [4.69, 9.17) is 23.1 Å². The summed E-state index contributed by atoms with van der Waals surface area (Å²) in [6, 6.07) is 6.74. The van der Waals surface area contributed by atoms with E-state index in [9.17, 15) is 4.79 Å². The largest absolute Gasteiger partial charge is 0.382 e. The number of halogens is 1. The molecule has 0 saturated heterocycles. The number of nitrogen functional groups attached to an aromatic ring is 2. The van der Waals surface area contributed by atoms with E-state index < -0.39 is 0 Å². The molecule has 0 bridgehead atoms. The molecule has 0 radical (unpaired) electrons. The fraction of sp³-hybridized carbons (Fsp3) is 0.0833. The molecular weight excluding hydrogens is 294 g/mol. The predicted octanol–water partition coefficient (Wildman–Crippen LogP) is 2.67. The molecule has 0 aliphatic heterocycles. The van der Waals surface area contributed by atoms with Crippen LogP contribution in [0.25, 0.3) is 0 Å². The molecule has 2 aromatic rings. The molecule has 1 heterocycles. The molecule has 0 aliphatic carbocycles. The molecule has 0 unspecified atom stereocenters. The summed E-state index contributed by atoms with van der Waals surface area (Å²) in [5, 5.41) is 10.6. The minimum Gasteiger partial charge on any atom is -0.382 e. The fourth-order valence-corrected chi connectivity index (χ4v) is 1.70. The monoisotopic (exact) mass is 305 g/mol. The van der Waals surface area contributed by atoms with Gasteiger partial charge in [0.1, 0.15) is 0 Å². The van der Waals surface area contributed by atoms with Gasteiger partial charge in [-0.25, -0.2) is 0 Å². The van der Waals surface area contributed by atoms with Crippen LogP contribution in [0.5, 0.6) is 0 Å². The lowest BCUT2D eigenvalue weighted by molar-refractivity contribution is -0.114. The zero-order chi connectivity index (χ0) is 15.4. The van der Waals surface area contributed by atoms with E-state index in [2.05, 4.69) is 25.5 Å². The molecular formula is C12H12ClN7O. The average Bonchev–Trinajstić information content (AvgIpc) is 2.38. The quantitative estimate of drug-likeness (QED) is 0.592. The Morgan fingerprint density at radius 2 is 1.86 bits per heavy atom. The molecule has 0 saturated carbocycles. The van der Waals surface area contributed by atoms with Crippen LogP contribution in [0.15, 0.2) is 34.5 Å².